The molecule has 0 heterocycles. The first-order valence-corrected chi connectivity index (χ1v) is 16.3. The first kappa shape index (κ1) is 45.7. The van der Waals surface area contributed by atoms with Crippen LogP contribution in [0.5, 0.6) is 17.2 Å². The van der Waals surface area contributed by atoms with Crippen LogP contribution in [0, 0.1) is 6.92 Å². The third kappa shape index (κ3) is 20.8. The number of aryl methyl sites for hydroxylation is 1. The quantitative estimate of drug-likeness (QED) is 0.130. The highest BCUT2D eigenvalue weighted by Gasteiger charge is 2.14. The van der Waals surface area contributed by atoms with Gasteiger partial charge in [0.1, 0.15) is 17.2 Å². The number of carbonyl (C=O) groups excluding carboxylic acids is 2. The molecule has 17 heteroatoms. The summed E-state index contributed by atoms with van der Waals surface area (Å²) in [5, 5.41) is 5.11. The Bertz CT molecular complexity index is 1580. The van der Waals surface area contributed by atoms with Crippen molar-refractivity contribution in [1.29, 1.82) is 0 Å². The standard InChI is InChI=1S/C9H10ClNO4S.C9H11NO2.C8H11NO.2CH4.ClHO3S/c1-6(12)11-8-5-7(16(10,13)14)3-4-9(8)15-2;1-7(11)10-8-5-3-4-6-9(8)12-2;1-6-3-4-8(10-2)7(9)5-6;;;1-5(2,3)4/h3-5H,1-2H3,(H,11,12);3-6H,1-2H3,(H,10,11);3-5H,9H2,1-2H3;2*1H4;(H,2,3,4). The Kier molecular flexibility index (Phi) is 22.2. The van der Waals surface area contributed by atoms with Gasteiger partial charge >= 0.3 is 9.33 Å². The smallest absolute Gasteiger partial charge is 0.353 e. The van der Waals surface area contributed by atoms with Crippen molar-refractivity contribution in [1.82, 2.24) is 0 Å². The van der Waals surface area contributed by atoms with E-state index in [2.05, 4.69) is 21.3 Å². The first-order chi connectivity index (χ1) is 19.8. The fourth-order valence-corrected chi connectivity index (χ4v) is 3.69. The molecule has 0 aliphatic rings. The van der Waals surface area contributed by atoms with Gasteiger partial charge in [-0.15, -0.1) is 0 Å². The van der Waals surface area contributed by atoms with Crippen LogP contribution in [0.4, 0.5) is 17.1 Å². The lowest BCUT2D eigenvalue weighted by Gasteiger charge is -2.09. The summed E-state index contributed by atoms with van der Waals surface area (Å²) in [6.07, 6.45) is 0. The van der Waals surface area contributed by atoms with Crippen molar-refractivity contribution >= 4 is 68.6 Å². The van der Waals surface area contributed by atoms with Crippen molar-refractivity contribution in [3.63, 3.8) is 0 Å². The van der Waals surface area contributed by atoms with Gasteiger partial charge in [-0.1, -0.05) is 33.1 Å². The van der Waals surface area contributed by atoms with E-state index < -0.39 is 18.4 Å². The second-order valence-electron chi connectivity index (χ2n) is 8.02. The number of amides is 2. The molecule has 0 bridgehead atoms. The van der Waals surface area contributed by atoms with E-state index in [4.69, 9.17) is 43.6 Å². The predicted octanol–water partition coefficient (Wildman–Crippen LogP) is 6.12. The summed E-state index contributed by atoms with van der Waals surface area (Å²) in [6.45, 7) is 4.77. The molecule has 0 atom stereocenters. The minimum atomic E-state index is -4.19. The Morgan fingerprint density at radius 3 is 1.58 bits per heavy atom. The summed E-state index contributed by atoms with van der Waals surface area (Å²) in [6, 6.07) is 17.0. The van der Waals surface area contributed by atoms with E-state index in [0.29, 0.717) is 22.9 Å². The van der Waals surface area contributed by atoms with Crippen LogP contribution < -0.4 is 30.6 Å². The predicted molar refractivity (Wildman–Crippen MR) is 181 cm³/mol. The topological polar surface area (TPSA) is 200 Å². The second kappa shape index (κ2) is 21.9. The average Bonchev–Trinajstić information content (AvgIpc) is 2.88. The van der Waals surface area contributed by atoms with Crippen LogP contribution in [-0.4, -0.2) is 54.5 Å². The zero-order valence-corrected chi connectivity index (χ0v) is 27.2. The molecule has 0 radical (unpaired) electrons. The van der Waals surface area contributed by atoms with E-state index in [1.807, 2.05) is 37.3 Å². The number of ether oxygens (including phenoxy) is 3. The highest BCUT2D eigenvalue weighted by Crippen LogP contribution is 2.29. The number of halogens is 2. The highest BCUT2D eigenvalue weighted by atomic mass is 35.7. The highest BCUT2D eigenvalue weighted by molar-refractivity contribution is 8.13. The van der Waals surface area contributed by atoms with Crippen molar-refractivity contribution < 1.29 is 45.2 Å². The largest absolute Gasteiger partial charge is 0.495 e. The molecule has 0 aliphatic carbocycles. The Morgan fingerprint density at radius 2 is 1.16 bits per heavy atom. The van der Waals surface area contributed by atoms with Crippen molar-refractivity contribution in [2.45, 2.75) is 40.5 Å². The van der Waals surface area contributed by atoms with E-state index in [1.165, 1.54) is 39.2 Å². The third-order valence-electron chi connectivity index (χ3n) is 4.57. The van der Waals surface area contributed by atoms with Gasteiger partial charge in [0, 0.05) is 35.2 Å². The lowest BCUT2D eigenvalue weighted by atomic mass is 10.2. The molecule has 5 N–H and O–H groups in total. The summed E-state index contributed by atoms with van der Waals surface area (Å²) in [5.41, 5.74) is 8.42. The fraction of sp³-hybridized carbons (Fsp3) is 0.286. The molecule has 0 aromatic heterocycles. The second-order valence-corrected chi connectivity index (χ2v) is 12.6. The normalized spacial score (nSPS) is 9.71. The van der Waals surface area contributed by atoms with Gasteiger partial charge in [-0.25, -0.2) is 8.42 Å². The molecule has 0 unspecified atom stereocenters. The van der Waals surface area contributed by atoms with Gasteiger partial charge in [0.05, 0.1) is 43.3 Å². The van der Waals surface area contributed by atoms with E-state index >= 15 is 0 Å². The van der Waals surface area contributed by atoms with Crippen LogP contribution >= 0.6 is 21.4 Å². The molecule has 254 valence electrons. The number of carbonyl (C=O) groups is 2. The van der Waals surface area contributed by atoms with Gasteiger partial charge in [-0.2, -0.15) is 8.42 Å². The number of nitrogens with one attached hydrogen (secondary N) is 2. The maximum Gasteiger partial charge on any atom is 0.353 e. The number of methoxy groups -OCH3 is 3. The number of nitrogens with two attached hydrogens (primary N) is 1. The van der Waals surface area contributed by atoms with Crippen LogP contribution in [0.2, 0.25) is 0 Å². The molecular formula is C28H41Cl2N3O10S2. The summed E-state index contributed by atoms with van der Waals surface area (Å²) < 4.78 is 62.3. The van der Waals surface area contributed by atoms with E-state index in [0.717, 1.165) is 11.3 Å². The van der Waals surface area contributed by atoms with Crippen LogP contribution in [0.1, 0.15) is 34.3 Å². The maximum atomic E-state index is 11.1. The lowest BCUT2D eigenvalue weighted by Crippen LogP contribution is -2.07. The molecule has 2 amide bonds. The van der Waals surface area contributed by atoms with Crippen molar-refractivity contribution in [3.8, 4) is 17.2 Å². The van der Waals surface area contributed by atoms with E-state index in [9.17, 15) is 18.0 Å². The van der Waals surface area contributed by atoms with Crippen LogP contribution in [0.3, 0.4) is 0 Å². The minimum absolute atomic E-state index is 0. The number of hydrogen-bond acceptors (Lipinski definition) is 10. The van der Waals surface area contributed by atoms with Gasteiger partial charge in [0.25, 0.3) is 9.05 Å². The molecule has 0 saturated heterocycles. The van der Waals surface area contributed by atoms with E-state index in [1.54, 1.807) is 26.4 Å². The Labute approximate surface area is 274 Å². The molecular weight excluding hydrogens is 673 g/mol. The minimum Gasteiger partial charge on any atom is -0.495 e. The van der Waals surface area contributed by atoms with Gasteiger partial charge in [-0.05, 0) is 55.0 Å². The summed E-state index contributed by atoms with van der Waals surface area (Å²) in [4.78, 5) is 21.5. The van der Waals surface area contributed by atoms with E-state index in [-0.39, 0.29) is 37.3 Å². The van der Waals surface area contributed by atoms with Gasteiger partial charge in [-0.3, -0.25) is 14.1 Å². The molecule has 0 spiro atoms. The SMILES string of the molecule is C.C.COc1ccc(C)cc1N.COc1ccc(S(=O)(=O)Cl)cc1NC(C)=O.COc1ccccc1NC(C)=O.O=S(=O)(O)Cl. The lowest BCUT2D eigenvalue weighted by molar-refractivity contribution is -0.115. The Balaban J connectivity index is -0.000000546. The zero-order chi connectivity index (χ0) is 33.4. The van der Waals surface area contributed by atoms with Crippen LogP contribution in [0.15, 0.2) is 65.6 Å². The van der Waals surface area contributed by atoms with Crippen molar-refractivity contribution in [3.05, 3.63) is 66.2 Å². The molecule has 45 heavy (non-hydrogen) atoms. The summed E-state index contributed by atoms with van der Waals surface area (Å²) in [7, 11) is 5.82. The van der Waals surface area contributed by atoms with Crippen molar-refractivity contribution in [2.24, 2.45) is 0 Å². The molecule has 3 aromatic carbocycles. The van der Waals surface area contributed by atoms with Gasteiger partial charge < -0.3 is 30.6 Å². The molecule has 13 nitrogen and oxygen atoms in total. The summed E-state index contributed by atoms with van der Waals surface area (Å²) >= 11 is 0. The Morgan fingerprint density at radius 1 is 0.733 bits per heavy atom. The number of nitrogen functional groups attached to an aromatic ring is 1. The molecule has 0 saturated carbocycles. The Hall–Kier alpha value is -3.76. The molecule has 0 fully saturated rings. The number of para-hydroxylation sites is 2. The zero-order valence-electron chi connectivity index (χ0n) is 24.0. The van der Waals surface area contributed by atoms with Crippen LogP contribution in [0.25, 0.3) is 0 Å². The number of rotatable bonds is 6. The first-order valence-electron chi connectivity index (χ1n) is 11.7. The number of anilines is 3. The maximum absolute atomic E-state index is 11.1. The van der Waals surface area contributed by atoms with Crippen molar-refractivity contribution in [2.75, 3.05) is 37.7 Å². The summed E-state index contributed by atoms with van der Waals surface area (Å²) in [5.74, 6) is 1.35. The number of hydrogen-bond donors (Lipinski definition) is 4. The fourth-order valence-electron chi connectivity index (χ4n) is 2.92. The third-order valence-corrected chi connectivity index (χ3v) is 5.92. The molecule has 0 aliphatic heterocycles. The monoisotopic (exact) mass is 713 g/mol. The average molecular weight is 715 g/mol. The number of benzene rings is 3. The molecule has 3 rings (SSSR count). The van der Waals surface area contributed by atoms with Crippen LogP contribution in [-0.2, 0) is 28.0 Å². The molecule has 3 aromatic rings. The van der Waals surface area contributed by atoms with Gasteiger partial charge in [0.2, 0.25) is 11.8 Å². The van der Waals surface area contributed by atoms with Gasteiger partial charge in [0.15, 0.2) is 0 Å².